The maximum absolute atomic E-state index is 13.1. The zero-order valence-electron chi connectivity index (χ0n) is 6.75. The number of rotatable bonds is 1. The Hall–Kier alpha value is -1.13. The number of anilines is 1. The van der Waals surface area contributed by atoms with Crippen LogP contribution in [0.25, 0.3) is 10.1 Å². The van der Waals surface area contributed by atoms with Crippen LogP contribution in [0, 0.1) is 5.82 Å². The molecule has 2 nitrogen and oxygen atoms in total. The quantitative estimate of drug-likeness (QED) is 0.688. The van der Waals surface area contributed by atoms with Crippen LogP contribution < -0.4 is 5.73 Å². The van der Waals surface area contributed by atoms with Crippen LogP contribution in [0.2, 0.25) is 0 Å². The summed E-state index contributed by atoms with van der Waals surface area (Å²) >= 11 is 1.26. The van der Waals surface area contributed by atoms with E-state index in [9.17, 15) is 4.39 Å². The van der Waals surface area contributed by atoms with Crippen LogP contribution in [0.3, 0.4) is 0 Å². The second kappa shape index (κ2) is 2.97. The first-order valence-electron chi connectivity index (χ1n) is 3.79. The van der Waals surface area contributed by atoms with Gasteiger partial charge < -0.3 is 10.8 Å². The molecule has 0 saturated heterocycles. The molecule has 0 radical (unpaired) electrons. The molecule has 1 aromatic heterocycles. The van der Waals surface area contributed by atoms with E-state index in [1.54, 1.807) is 12.1 Å². The fourth-order valence-electron chi connectivity index (χ4n) is 1.30. The summed E-state index contributed by atoms with van der Waals surface area (Å²) in [6.07, 6.45) is 0. The molecule has 0 atom stereocenters. The summed E-state index contributed by atoms with van der Waals surface area (Å²) in [6.45, 7) is -0.150. The lowest BCUT2D eigenvalue weighted by Gasteiger charge is -2.02. The van der Waals surface area contributed by atoms with Gasteiger partial charge in [-0.1, -0.05) is 0 Å². The van der Waals surface area contributed by atoms with Gasteiger partial charge >= 0.3 is 0 Å². The van der Waals surface area contributed by atoms with Crippen molar-refractivity contribution in [2.24, 2.45) is 0 Å². The van der Waals surface area contributed by atoms with Gasteiger partial charge in [0.25, 0.3) is 0 Å². The van der Waals surface area contributed by atoms with E-state index in [1.165, 1.54) is 16.7 Å². The van der Waals surface area contributed by atoms with E-state index in [-0.39, 0.29) is 12.4 Å². The molecule has 0 amide bonds. The van der Waals surface area contributed by atoms with Crippen molar-refractivity contribution in [3.8, 4) is 0 Å². The van der Waals surface area contributed by atoms with Crippen LogP contribution in [0.5, 0.6) is 0 Å². The normalized spacial score (nSPS) is 10.9. The Morgan fingerprint density at radius 3 is 2.92 bits per heavy atom. The molecule has 0 fully saturated rings. The van der Waals surface area contributed by atoms with Crippen molar-refractivity contribution in [2.75, 3.05) is 5.73 Å². The van der Waals surface area contributed by atoms with Gasteiger partial charge in [0, 0.05) is 26.7 Å². The second-order valence-electron chi connectivity index (χ2n) is 2.75. The average Bonchev–Trinajstić information content (AvgIpc) is 2.48. The lowest BCUT2D eigenvalue weighted by molar-refractivity contribution is 0.284. The molecule has 0 saturated carbocycles. The largest absolute Gasteiger partial charge is 0.398 e. The van der Waals surface area contributed by atoms with Crippen molar-refractivity contribution in [3.05, 3.63) is 28.9 Å². The molecule has 13 heavy (non-hydrogen) atoms. The van der Waals surface area contributed by atoms with Crippen molar-refractivity contribution in [2.45, 2.75) is 6.61 Å². The van der Waals surface area contributed by atoms with Crippen molar-refractivity contribution >= 4 is 27.1 Å². The van der Waals surface area contributed by atoms with E-state index in [4.69, 9.17) is 10.8 Å². The highest BCUT2D eigenvalue weighted by Crippen LogP contribution is 2.31. The summed E-state index contributed by atoms with van der Waals surface area (Å²) in [5.41, 5.74) is 6.76. The Bertz CT molecular complexity index is 452. The second-order valence-corrected chi connectivity index (χ2v) is 3.63. The van der Waals surface area contributed by atoms with Gasteiger partial charge in [-0.25, -0.2) is 4.39 Å². The molecule has 0 aliphatic rings. The number of thiophene rings is 1. The predicted octanol–water partition coefficient (Wildman–Crippen LogP) is 2.11. The van der Waals surface area contributed by atoms with E-state index < -0.39 is 0 Å². The standard InChI is InChI=1S/C9H8FNOS/c10-7-4-13-9-5(7)1-2-8(11)6(9)3-12/h1-2,4,12H,3,11H2. The Morgan fingerprint density at radius 2 is 2.23 bits per heavy atom. The smallest absolute Gasteiger partial charge is 0.141 e. The summed E-state index contributed by atoms with van der Waals surface area (Å²) in [4.78, 5) is 0. The topological polar surface area (TPSA) is 46.2 Å². The first-order valence-corrected chi connectivity index (χ1v) is 4.67. The zero-order valence-corrected chi connectivity index (χ0v) is 7.57. The van der Waals surface area contributed by atoms with Crippen LogP contribution >= 0.6 is 11.3 Å². The van der Waals surface area contributed by atoms with Gasteiger partial charge in [-0.05, 0) is 12.1 Å². The number of aliphatic hydroxyl groups is 1. The average molecular weight is 197 g/mol. The van der Waals surface area contributed by atoms with Crippen LogP contribution in [-0.4, -0.2) is 5.11 Å². The third-order valence-corrected chi connectivity index (χ3v) is 3.02. The first kappa shape index (κ1) is 8.47. The minimum Gasteiger partial charge on any atom is -0.398 e. The van der Waals surface area contributed by atoms with E-state index >= 15 is 0 Å². The lowest BCUT2D eigenvalue weighted by Crippen LogP contribution is -1.93. The Balaban J connectivity index is 2.85. The molecule has 0 unspecified atom stereocenters. The number of halogens is 1. The zero-order chi connectivity index (χ0) is 9.42. The maximum Gasteiger partial charge on any atom is 0.141 e. The number of nitrogen functional groups attached to an aromatic ring is 1. The summed E-state index contributed by atoms with van der Waals surface area (Å²) < 4.78 is 13.8. The molecule has 0 aliphatic carbocycles. The summed E-state index contributed by atoms with van der Waals surface area (Å²) in [5.74, 6) is -0.255. The minimum atomic E-state index is -0.255. The molecule has 0 spiro atoms. The minimum absolute atomic E-state index is 0.150. The molecule has 2 aromatic rings. The molecule has 3 N–H and O–H groups in total. The van der Waals surface area contributed by atoms with Gasteiger partial charge in [0.05, 0.1) is 6.61 Å². The monoisotopic (exact) mass is 197 g/mol. The Kier molecular flexibility index (Phi) is 1.94. The van der Waals surface area contributed by atoms with Gasteiger partial charge in [0.2, 0.25) is 0 Å². The van der Waals surface area contributed by atoms with Crippen molar-refractivity contribution in [1.82, 2.24) is 0 Å². The first-order chi connectivity index (χ1) is 6.24. The van der Waals surface area contributed by atoms with Gasteiger partial charge in [-0.3, -0.25) is 0 Å². The van der Waals surface area contributed by atoms with Gasteiger partial charge in [0.15, 0.2) is 0 Å². The van der Waals surface area contributed by atoms with Crippen molar-refractivity contribution < 1.29 is 9.50 Å². The Morgan fingerprint density at radius 1 is 1.46 bits per heavy atom. The summed E-state index contributed by atoms with van der Waals surface area (Å²) in [5, 5.41) is 11.0. The third kappa shape index (κ3) is 1.18. The number of hydrogen-bond acceptors (Lipinski definition) is 3. The summed E-state index contributed by atoms with van der Waals surface area (Å²) in [7, 11) is 0. The van der Waals surface area contributed by atoms with E-state index in [1.807, 2.05) is 0 Å². The van der Waals surface area contributed by atoms with Crippen LogP contribution in [0.4, 0.5) is 10.1 Å². The molecular formula is C9H8FNOS. The highest BCUT2D eigenvalue weighted by atomic mass is 32.1. The number of aliphatic hydroxyl groups excluding tert-OH is 1. The molecule has 2 rings (SSSR count). The molecule has 0 aliphatic heterocycles. The number of hydrogen-bond donors (Lipinski definition) is 2. The van der Waals surface area contributed by atoms with Gasteiger partial charge in [-0.15, -0.1) is 11.3 Å². The molecule has 0 bridgehead atoms. The maximum atomic E-state index is 13.1. The highest BCUT2D eigenvalue weighted by molar-refractivity contribution is 7.17. The molecule has 1 aromatic carbocycles. The predicted molar refractivity (Wildman–Crippen MR) is 52.1 cm³/mol. The number of benzene rings is 1. The summed E-state index contributed by atoms with van der Waals surface area (Å²) in [6, 6.07) is 3.25. The van der Waals surface area contributed by atoms with Crippen LogP contribution in [-0.2, 0) is 6.61 Å². The highest BCUT2D eigenvalue weighted by Gasteiger charge is 2.09. The number of fused-ring (bicyclic) bond motifs is 1. The lowest BCUT2D eigenvalue weighted by atomic mass is 10.1. The van der Waals surface area contributed by atoms with E-state index in [0.29, 0.717) is 16.6 Å². The third-order valence-electron chi connectivity index (χ3n) is 1.99. The van der Waals surface area contributed by atoms with E-state index in [0.717, 1.165) is 4.70 Å². The number of nitrogens with two attached hydrogens (primary N) is 1. The van der Waals surface area contributed by atoms with Gasteiger partial charge in [0.1, 0.15) is 5.82 Å². The molecule has 4 heteroatoms. The molecular weight excluding hydrogens is 189 g/mol. The fraction of sp³-hybridized carbons (Fsp3) is 0.111. The molecule has 1 heterocycles. The van der Waals surface area contributed by atoms with Crippen molar-refractivity contribution in [3.63, 3.8) is 0 Å². The van der Waals surface area contributed by atoms with Crippen molar-refractivity contribution in [1.29, 1.82) is 0 Å². The Labute approximate surface area is 78.4 Å². The van der Waals surface area contributed by atoms with Crippen LogP contribution in [0.1, 0.15) is 5.56 Å². The van der Waals surface area contributed by atoms with E-state index in [2.05, 4.69) is 0 Å². The van der Waals surface area contributed by atoms with Gasteiger partial charge in [-0.2, -0.15) is 0 Å². The molecule has 68 valence electrons. The fourth-order valence-corrected chi connectivity index (χ4v) is 2.27. The SMILES string of the molecule is Nc1ccc2c(F)csc2c1CO. The van der Waals surface area contributed by atoms with Crippen LogP contribution in [0.15, 0.2) is 17.5 Å².